The summed E-state index contributed by atoms with van der Waals surface area (Å²) in [5, 5.41) is 3.53. The molecule has 0 unspecified atom stereocenters. The number of fused-ring (bicyclic) bond motifs is 1. The van der Waals surface area contributed by atoms with Crippen LogP contribution in [0.5, 0.6) is 0 Å². The first kappa shape index (κ1) is 17.5. The van der Waals surface area contributed by atoms with Crippen molar-refractivity contribution in [1.82, 2.24) is 0 Å². The van der Waals surface area contributed by atoms with E-state index in [-0.39, 0.29) is 18.3 Å². The SMILES string of the molecule is CCOC(=O)c1c(NC(=O)Cc2ccc(Cl)s2)sc2c1CCCC2. The average Bonchev–Trinajstić information content (AvgIpc) is 3.10. The highest BCUT2D eigenvalue weighted by Gasteiger charge is 2.27. The third-order valence-electron chi connectivity index (χ3n) is 3.87. The van der Waals surface area contributed by atoms with Crippen molar-refractivity contribution in [2.24, 2.45) is 0 Å². The number of ether oxygens (including phenoxy) is 1. The van der Waals surface area contributed by atoms with E-state index in [4.69, 9.17) is 16.3 Å². The minimum Gasteiger partial charge on any atom is -0.462 e. The Morgan fingerprint density at radius 2 is 2.04 bits per heavy atom. The largest absolute Gasteiger partial charge is 0.462 e. The standard InChI is InChI=1S/C17H18ClNO3S2/c1-2-22-17(21)15-11-5-3-4-6-12(11)24-16(15)19-14(20)9-10-7-8-13(18)23-10/h7-8H,2-6,9H2,1H3,(H,19,20). The van der Waals surface area contributed by atoms with Gasteiger partial charge in [0.2, 0.25) is 5.91 Å². The van der Waals surface area contributed by atoms with E-state index >= 15 is 0 Å². The summed E-state index contributed by atoms with van der Waals surface area (Å²) >= 11 is 8.80. The molecule has 0 saturated carbocycles. The van der Waals surface area contributed by atoms with E-state index in [0.29, 0.717) is 21.5 Å². The smallest absolute Gasteiger partial charge is 0.341 e. The van der Waals surface area contributed by atoms with Gasteiger partial charge in [0, 0.05) is 9.75 Å². The van der Waals surface area contributed by atoms with Gasteiger partial charge in [-0.05, 0) is 50.3 Å². The molecule has 0 fully saturated rings. The zero-order chi connectivity index (χ0) is 17.1. The molecule has 0 radical (unpaired) electrons. The van der Waals surface area contributed by atoms with Crippen molar-refractivity contribution in [3.05, 3.63) is 37.4 Å². The Morgan fingerprint density at radius 1 is 1.25 bits per heavy atom. The van der Waals surface area contributed by atoms with Crippen LogP contribution in [-0.4, -0.2) is 18.5 Å². The first-order chi connectivity index (χ1) is 11.6. The number of aryl methyl sites for hydroxylation is 1. The summed E-state index contributed by atoms with van der Waals surface area (Å²) in [6.07, 6.45) is 4.27. The molecule has 0 atom stereocenters. The minimum absolute atomic E-state index is 0.141. The number of amides is 1. The summed E-state index contributed by atoms with van der Waals surface area (Å²) in [6, 6.07) is 3.63. The van der Waals surface area contributed by atoms with Crippen LogP contribution in [0, 0.1) is 0 Å². The van der Waals surface area contributed by atoms with Crippen molar-refractivity contribution in [2.75, 3.05) is 11.9 Å². The highest BCUT2D eigenvalue weighted by Crippen LogP contribution is 2.38. The molecule has 0 aliphatic heterocycles. The maximum atomic E-state index is 12.4. The molecule has 0 spiro atoms. The lowest BCUT2D eigenvalue weighted by molar-refractivity contribution is -0.115. The van der Waals surface area contributed by atoms with Crippen LogP contribution in [0.1, 0.15) is 45.4 Å². The summed E-state index contributed by atoms with van der Waals surface area (Å²) in [6.45, 7) is 2.11. The molecule has 0 aromatic carbocycles. The summed E-state index contributed by atoms with van der Waals surface area (Å²) in [7, 11) is 0. The molecule has 3 rings (SSSR count). The van der Waals surface area contributed by atoms with Crippen molar-refractivity contribution in [3.8, 4) is 0 Å². The monoisotopic (exact) mass is 383 g/mol. The number of halogens is 1. The van der Waals surface area contributed by atoms with Gasteiger partial charge in [0.15, 0.2) is 0 Å². The summed E-state index contributed by atoms with van der Waals surface area (Å²) < 4.78 is 5.86. The number of hydrogen-bond acceptors (Lipinski definition) is 5. The lowest BCUT2D eigenvalue weighted by atomic mass is 9.95. The molecule has 2 aromatic heterocycles. The van der Waals surface area contributed by atoms with E-state index in [1.807, 2.05) is 6.07 Å². The molecule has 1 aliphatic rings. The van der Waals surface area contributed by atoms with E-state index in [9.17, 15) is 9.59 Å². The molecule has 1 aliphatic carbocycles. The molecule has 24 heavy (non-hydrogen) atoms. The van der Waals surface area contributed by atoms with Gasteiger partial charge in [0.05, 0.1) is 22.9 Å². The van der Waals surface area contributed by atoms with Crippen LogP contribution < -0.4 is 5.32 Å². The quantitative estimate of drug-likeness (QED) is 0.761. The Labute approximate surface area is 153 Å². The summed E-state index contributed by atoms with van der Waals surface area (Å²) in [5.41, 5.74) is 1.60. The van der Waals surface area contributed by atoms with Gasteiger partial charge < -0.3 is 10.1 Å². The van der Waals surface area contributed by atoms with Gasteiger partial charge in [0.25, 0.3) is 0 Å². The highest BCUT2D eigenvalue weighted by molar-refractivity contribution is 7.17. The van der Waals surface area contributed by atoms with Crippen LogP contribution >= 0.6 is 34.3 Å². The Hall–Kier alpha value is -1.37. The molecular weight excluding hydrogens is 366 g/mol. The lowest BCUT2D eigenvalue weighted by Crippen LogP contribution is -2.16. The van der Waals surface area contributed by atoms with Gasteiger partial charge in [0.1, 0.15) is 5.00 Å². The fourth-order valence-corrected chi connectivity index (χ4v) is 5.23. The first-order valence-electron chi connectivity index (χ1n) is 7.94. The van der Waals surface area contributed by atoms with Gasteiger partial charge in [-0.25, -0.2) is 4.79 Å². The van der Waals surface area contributed by atoms with Gasteiger partial charge in [-0.1, -0.05) is 11.6 Å². The van der Waals surface area contributed by atoms with Gasteiger partial charge in [-0.2, -0.15) is 0 Å². The number of hydrogen-bond donors (Lipinski definition) is 1. The second-order valence-electron chi connectivity index (χ2n) is 5.57. The molecule has 4 nitrogen and oxygen atoms in total. The van der Waals surface area contributed by atoms with Crippen LogP contribution in [0.25, 0.3) is 0 Å². The number of esters is 1. The Bertz CT molecular complexity index is 766. The van der Waals surface area contributed by atoms with E-state index < -0.39 is 0 Å². The van der Waals surface area contributed by atoms with Gasteiger partial charge in [-0.3, -0.25) is 4.79 Å². The number of nitrogens with one attached hydrogen (secondary N) is 1. The highest BCUT2D eigenvalue weighted by atomic mass is 35.5. The summed E-state index contributed by atoms with van der Waals surface area (Å²) in [5.74, 6) is -0.482. The molecule has 1 N–H and O–H groups in total. The molecule has 128 valence electrons. The maximum absolute atomic E-state index is 12.4. The molecule has 2 aromatic rings. The maximum Gasteiger partial charge on any atom is 0.341 e. The van der Waals surface area contributed by atoms with E-state index in [0.717, 1.165) is 36.1 Å². The molecule has 7 heteroatoms. The molecular formula is C17H18ClNO3S2. The third-order valence-corrected chi connectivity index (χ3v) is 6.31. The molecule has 0 saturated heterocycles. The van der Waals surface area contributed by atoms with Crippen molar-refractivity contribution in [1.29, 1.82) is 0 Å². The van der Waals surface area contributed by atoms with E-state index in [2.05, 4.69) is 5.32 Å². The van der Waals surface area contributed by atoms with Crippen molar-refractivity contribution in [3.63, 3.8) is 0 Å². The molecule has 2 heterocycles. The fraction of sp³-hybridized carbons (Fsp3) is 0.412. The number of carbonyl (C=O) groups is 2. The molecule has 0 bridgehead atoms. The van der Waals surface area contributed by atoms with Crippen LogP contribution in [-0.2, 0) is 28.8 Å². The molecule has 1 amide bonds. The van der Waals surface area contributed by atoms with E-state index in [1.165, 1.54) is 27.6 Å². The van der Waals surface area contributed by atoms with Crippen LogP contribution in [0.3, 0.4) is 0 Å². The number of rotatable bonds is 5. The third kappa shape index (κ3) is 3.82. The topological polar surface area (TPSA) is 55.4 Å². The zero-order valence-electron chi connectivity index (χ0n) is 13.3. The van der Waals surface area contributed by atoms with Crippen molar-refractivity contribution in [2.45, 2.75) is 39.0 Å². The first-order valence-corrected chi connectivity index (χ1v) is 9.95. The van der Waals surface area contributed by atoms with Crippen LogP contribution in [0.4, 0.5) is 5.00 Å². The van der Waals surface area contributed by atoms with Crippen LogP contribution in [0.15, 0.2) is 12.1 Å². The van der Waals surface area contributed by atoms with E-state index in [1.54, 1.807) is 13.0 Å². The fourth-order valence-electron chi connectivity index (χ4n) is 2.85. The zero-order valence-corrected chi connectivity index (χ0v) is 15.7. The van der Waals surface area contributed by atoms with Gasteiger partial charge >= 0.3 is 5.97 Å². The lowest BCUT2D eigenvalue weighted by Gasteiger charge is -2.12. The summed E-state index contributed by atoms with van der Waals surface area (Å²) in [4.78, 5) is 26.8. The number of anilines is 1. The Kier molecular flexibility index (Phi) is 5.58. The predicted octanol–water partition coefficient (Wildman–Crippen LogP) is 4.70. The Balaban J connectivity index is 1.82. The Morgan fingerprint density at radius 3 is 2.75 bits per heavy atom. The minimum atomic E-state index is -0.341. The number of thiophene rings is 2. The predicted molar refractivity (Wildman–Crippen MR) is 98.6 cm³/mol. The van der Waals surface area contributed by atoms with Crippen LogP contribution in [0.2, 0.25) is 4.34 Å². The van der Waals surface area contributed by atoms with Crippen molar-refractivity contribution < 1.29 is 14.3 Å². The van der Waals surface area contributed by atoms with Crippen molar-refractivity contribution >= 4 is 51.2 Å². The number of carbonyl (C=O) groups excluding carboxylic acids is 2. The second kappa shape index (κ2) is 7.68. The normalized spacial score (nSPS) is 13.4. The average molecular weight is 384 g/mol. The van der Waals surface area contributed by atoms with Gasteiger partial charge in [-0.15, -0.1) is 22.7 Å². The second-order valence-corrected chi connectivity index (χ2v) is 8.47.